The van der Waals surface area contributed by atoms with Crippen molar-refractivity contribution in [1.29, 1.82) is 0 Å². The number of rotatable bonds is 5. The van der Waals surface area contributed by atoms with Crippen molar-refractivity contribution >= 4 is 12.2 Å². The highest BCUT2D eigenvalue weighted by Gasteiger charge is 2.29. The van der Waals surface area contributed by atoms with E-state index >= 15 is 0 Å². The molecule has 4 aromatic rings. The molecule has 3 heterocycles. The van der Waals surface area contributed by atoms with Gasteiger partial charge in [0, 0.05) is 18.7 Å². The summed E-state index contributed by atoms with van der Waals surface area (Å²) >= 11 is 0. The summed E-state index contributed by atoms with van der Waals surface area (Å²) in [6.07, 6.45) is 7.87. The number of fused-ring (bicyclic) bond motifs is 1. The van der Waals surface area contributed by atoms with Crippen molar-refractivity contribution in [3.8, 4) is 11.4 Å². The smallest absolute Gasteiger partial charge is 0.194 e. The van der Waals surface area contributed by atoms with Crippen molar-refractivity contribution in [1.82, 2.24) is 24.3 Å². The number of aromatic nitrogens is 5. The molecule has 1 atom stereocenters. The van der Waals surface area contributed by atoms with E-state index in [0.717, 1.165) is 29.1 Å². The molecule has 1 aliphatic rings. The Morgan fingerprint density at radius 2 is 1.88 bits per heavy atom. The summed E-state index contributed by atoms with van der Waals surface area (Å²) in [7, 11) is 1.61. The van der Waals surface area contributed by atoms with Gasteiger partial charge in [-0.15, -0.1) is 0 Å². The second-order valence-electron chi connectivity index (χ2n) is 7.88. The molecule has 0 radical (unpaired) electrons. The first-order valence-electron chi connectivity index (χ1n) is 10.4. The van der Waals surface area contributed by atoms with Crippen molar-refractivity contribution in [2.75, 3.05) is 7.11 Å². The van der Waals surface area contributed by atoms with Gasteiger partial charge in [-0.05, 0) is 54.8 Å². The van der Waals surface area contributed by atoms with Gasteiger partial charge in [0.2, 0.25) is 0 Å². The maximum Gasteiger partial charge on any atom is 0.194 e. The van der Waals surface area contributed by atoms with Gasteiger partial charge < -0.3 is 9.30 Å². The number of methoxy groups -OCH3 is 1. The molecule has 2 aromatic heterocycles. The highest BCUT2D eigenvalue weighted by atomic mass is 19.2. The average molecular weight is 451 g/mol. The molecule has 9 heteroatoms. The molecule has 0 N–H and O–H groups in total. The molecule has 0 fully saturated rings. The van der Waals surface area contributed by atoms with E-state index in [4.69, 9.17) is 4.74 Å². The highest BCUT2D eigenvalue weighted by molar-refractivity contribution is 5.69. The van der Waals surface area contributed by atoms with Gasteiger partial charge in [-0.25, -0.2) is 27.8 Å². The number of imidazole rings is 1. The van der Waals surface area contributed by atoms with Gasteiger partial charge in [0.25, 0.3) is 0 Å². The minimum Gasteiger partial charge on any atom is -0.495 e. The third-order valence-corrected chi connectivity index (χ3v) is 5.68. The van der Waals surface area contributed by atoms with E-state index in [1.807, 2.05) is 42.0 Å². The normalized spacial score (nSPS) is 15.4. The first-order chi connectivity index (χ1) is 15.9. The van der Waals surface area contributed by atoms with Gasteiger partial charge in [0.05, 0.1) is 24.8 Å². The lowest BCUT2D eigenvalue weighted by Gasteiger charge is -2.10. The van der Waals surface area contributed by atoms with Crippen LogP contribution in [0.1, 0.15) is 40.8 Å². The van der Waals surface area contributed by atoms with E-state index in [0.29, 0.717) is 35.9 Å². The summed E-state index contributed by atoms with van der Waals surface area (Å²) in [5.74, 6) is -2.45. The molecular weight excluding hydrogens is 431 g/mol. The van der Waals surface area contributed by atoms with Crippen molar-refractivity contribution in [2.45, 2.75) is 25.8 Å². The fraction of sp³-hybridized carbons (Fsp3) is 0.208. The molecule has 5 rings (SSSR count). The molecule has 0 saturated heterocycles. The fourth-order valence-corrected chi connectivity index (χ4v) is 4.07. The van der Waals surface area contributed by atoms with Crippen molar-refractivity contribution < 1.29 is 17.9 Å². The lowest BCUT2D eigenvalue weighted by Crippen LogP contribution is -2.02. The van der Waals surface area contributed by atoms with Gasteiger partial charge in [-0.1, -0.05) is 12.1 Å². The van der Waals surface area contributed by atoms with Gasteiger partial charge in [-0.2, -0.15) is 5.10 Å². The second-order valence-corrected chi connectivity index (χ2v) is 7.88. The number of hydrogen-bond acceptors (Lipinski definition) is 4. The van der Waals surface area contributed by atoms with E-state index in [-0.39, 0.29) is 5.92 Å². The van der Waals surface area contributed by atoms with Crippen LogP contribution in [0.15, 0.2) is 42.9 Å². The Hall–Kier alpha value is -3.88. The van der Waals surface area contributed by atoms with Crippen LogP contribution in [0, 0.1) is 24.4 Å². The third-order valence-electron chi connectivity index (χ3n) is 5.68. The molecule has 0 amide bonds. The summed E-state index contributed by atoms with van der Waals surface area (Å²) in [5, 5.41) is 4.47. The van der Waals surface area contributed by atoms with Crippen LogP contribution in [0.3, 0.4) is 0 Å². The van der Waals surface area contributed by atoms with Crippen LogP contribution in [-0.2, 0) is 6.54 Å². The monoisotopic (exact) mass is 451 g/mol. The number of hydrogen-bond donors (Lipinski definition) is 0. The third kappa shape index (κ3) is 3.90. The van der Waals surface area contributed by atoms with E-state index < -0.39 is 17.5 Å². The molecular formula is C24H20F3N5O. The molecule has 0 saturated carbocycles. The molecule has 33 heavy (non-hydrogen) atoms. The van der Waals surface area contributed by atoms with E-state index in [1.165, 1.54) is 0 Å². The molecule has 0 spiro atoms. The van der Waals surface area contributed by atoms with Gasteiger partial charge in [-0.3, -0.25) is 0 Å². The standard InChI is InChI=1S/C24H20F3N5O/c1-14-12-31(13-28-14)20-5-3-15(9-21(20)33-2)4-6-22-29-24-17(7-8-32(24)30-22)16-10-18(25)23(27)19(26)11-16/h3-6,9-13,17H,7-8H2,1-2H3/b6-4+/t17-/m1/s1. The largest absolute Gasteiger partial charge is 0.495 e. The Morgan fingerprint density at radius 1 is 1.09 bits per heavy atom. The molecule has 0 aliphatic carbocycles. The Kier molecular flexibility index (Phi) is 5.24. The zero-order chi connectivity index (χ0) is 23.1. The van der Waals surface area contributed by atoms with Crippen LogP contribution >= 0.6 is 0 Å². The Morgan fingerprint density at radius 3 is 2.58 bits per heavy atom. The molecule has 2 aromatic carbocycles. The number of halogens is 3. The average Bonchev–Trinajstić information content (AvgIpc) is 3.51. The maximum atomic E-state index is 13.7. The molecule has 0 bridgehead atoms. The van der Waals surface area contributed by atoms with E-state index in [9.17, 15) is 13.2 Å². The van der Waals surface area contributed by atoms with Gasteiger partial charge >= 0.3 is 0 Å². The maximum absolute atomic E-state index is 13.7. The quantitative estimate of drug-likeness (QED) is 0.405. The van der Waals surface area contributed by atoms with Gasteiger partial charge in [0.15, 0.2) is 23.3 Å². The SMILES string of the molecule is COc1cc(/C=C/c2nc3n(n2)CC[C@@H]3c2cc(F)c(F)c(F)c2)ccc1-n1cnc(C)c1. The summed E-state index contributed by atoms with van der Waals surface area (Å²) in [6, 6.07) is 7.84. The van der Waals surface area contributed by atoms with Crippen LogP contribution in [0.5, 0.6) is 5.75 Å². The Labute approximate surface area is 188 Å². The Balaban J connectivity index is 1.39. The summed E-state index contributed by atoms with van der Waals surface area (Å²) < 4.78 is 49.9. The summed E-state index contributed by atoms with van der Waals surface area (Å²) in [5.41, 5.74) is 3.02. The molecule has 1 aliphatic heterocycles. The van der Waals surface area contributed by atoms with Crippen LogP contribution in [0.4, 0.5) is 13.2 Å². The first-order valence-corrected chi connectivity index (χ1v) is 10.4. The molecule has 0 unspecified atom stereocenters. The fourth-order valence-electron chi connectivity index (χ4n) is 4.07. The number of benzene rings is 2. The predicted octanol–water partition coefficient (Wildman–Crippen LogP) is 4.90. The lowest BCUT2D eigenvalue weighted by molar-refractivity contribution is 0.413. The summed E-state index contributed by atoms with van der Waals surface area (Å²) in [4.78, 5) is 8.79. The zero-order valence-electron chi connectivity index (χ0n) is 18.0. The van der Waals surface area contributed by atoms with Crippen molar-refractivity contribution in [3.05, 3.63) is 88.8 Å². The topological polar surface area (TPSA) is 57.8 Å². The van der Waals surface area contributed by atoms with Gasteiger partial charge in [0.1, 0.15) is 11.6 Å². The van der Waals surface area contributed by atoms with E-state index in [1.54, 1.807) is 24.2 Å². The van der Waals surface area contributed by atoms with Crippen LogP contribution in [-0.4, -0.2) is 31.4 Å². The Bertz CT molecular complexity index is 1350. The van der Waals surface area contributed by atoms with E-state index in [2.05, 4.69) is 15.1 Å². The molecule has 6 nitrogen and oxygen atoms in total. The number of ether oxygens (including phenoxy) is 1. The minimum atomic E-state index is -1.47. The number of aryl methyl sites for hydroxylation is 2. The van der Waals surface area contributed by atoms with Crippen LogP contribution < -0.4 is 4.74 Å². The highest BCUT2D eigenvalue weighted by Crippen LogP contribution is 2.34. The summed E-state index contributed by atoms with van der Waals surface area (Å²) in [6.45, 7) is 2.48. The van der Waals surface area contributed by atoms with Crippen LogP contribution in [0.25, 0.3) is 17.8 Å². The minimum absolute atomic E-state index is 0.345. The first kappa shape index (κ1) is 21.0. The van der Waals surface area contributed by atoms with Crippen molar-refractivity contribution in [2.24, 2.45) is 0 Å². The second kappa shape index (κ2) is 8.23. The number of nitrogens with zero attached hydrogens (tertiary/aromatic N) is 5. The predicted molar refractivity (Wildman–Crippen MR) is 117 cm³/mol. The van der Waals surface area contributed by atoms with Crippen molar-refractivity contribution in [3.63, 3.8) is 0 Å². The molecule has 168 valence electrons. The van der Waals surface area contributed by atoms with Crippen LogP contribution in [0.2, 0.25) is 0 Å². The zero-order valence-corrected chi connectivity index (χ0v) is 18.0. The lowest BCUT2D eigenvalue weighted by atomic mass is 9.97.